The molecule has 1 aliphatic heterocycles. The molecule has 1 amide bonds. The van der Waals surface area contributed by atoms with Crippen molar-refractivity contribution >= 4 is 6.09 Å². The van der Waals surface area contributed by atoms with Crippen LogP contribution in [-0.2, 0) is 15.1 Å². The second kappa shape index (κ2) is 7.94. The minimum absolute atomic E-state index is 0.213. The second-order valence-electron chi connectivity index (χ2n) is 8.21. The van der Waals surface area contributed by atoms with Gasteiger partial charge in [-0.15, -0.1) is 0 Å². The molecule has 0 saturated carbocycles. The van der Waals surface area contributed by atoms with Crippen LogP contribution in [0.5, 0.6) is 0 Å². The predicted molar refractivity (Wildman–Crippen MR) is 108 cm³/mol. The molecule has 28 heavy (non-hydrogen) atoms. The highest BCUT2D eigenvalue weighted by Crippen LogP contribution is 2.43. The van der Waals surface area contributed by atoms with Crippen LogP contribution in [0.4, 0.5) is 4.79 Å². The number of likely N-dealkylation sites (tertiary alicyclic amines) is 1. The molecule has 150 valence electrons. The lowest BCUT2D eigenvalue weighted by Gasteiger charge is -2.42. The minimum atomic E-state index is -0.920. The predicted octanol–water partition coefficient (Wildman–Crippen LogP) is 3.95. The van der Waals surface area contributed by atoms with Crippen molar-refractivity contribution in [2.75, 3.05) is 13.7 Å². The maximum absolute atomic E-state index is 13.0. The molecule has 0 radical (unpaired) electrons. The van der Waals surface area contributed by atoms with Gasteiger partial charge in [0.1, 0.15) is 11.2 Å². The monoisotopic (exact) mass is 383 g/mol. The lowest BCUT2D eigenvalue weighted by atomic mass is 9.78. The number of hydrogen-bond acceptors (Lipinski definition) is 4. The first-order valence-corrected chi connectivity index (χ1v) is 9.62. The Labute approximate surface area is 166 Å². The molecule has 1 saturated heterocycles. The summed E-state index contributed by atoms with van der Waals surface area (Å²) in [4.78, 5) is 14.6. The molecule has 5 nitrogen and oxygen atoms in total. The molecule has 1 N–H and O–H groups in total. The number of aliphatic hydroxyl groups excluding tert-OH is 1. The van der Waals surface area contributed by atoms with E-state index in [1.54, 1.807) is 12.0 Å². The van der Waals surface area contributed by atoms with Gasteiger partial charge in [-0.1, -0.05) is 60.7 Å². The molecular weight excluding hydrogens is 354 g/mol. The summed E-state index contributed by atoms with van der Waals surface area (Å²) in [5.41, 5.74) is 0.314. The molecule has 0 aliphatic carbocycles. The van der Waals surface area contributed by atoms with Crippen molar-refractivity contribution < 1.29 is 19.4 Å². The molecular formula is C23H29NO4. The zero-order valence-electron chi connectivity index (χ0n) is 17.0. The molecule has 2 atom stereocenters. The number of nitrogens with zero attached hydrogens (tertiary/aromatic N) is 1. The summed E-state index contributed by atoms with van der Waals surface area (Å²) in [6.07, 6.45) is -0.682. The van der Waals surface area contributed by atoms with Crippen LogP contribution in [0, 0.1) is 0 Å². The third-order valence-electron chi connectivity index (χ3n) is 5.10. The van der Waals surface area contributed by atoms with Crippen LogP contribution < -0.4 is 0 Å². The number of hydrogen-bond donors (Lipinski definition) is 1. The van der Waals surface area contributed by atoms with Gasteiger partial charge in [-0.3, -0.25) is 4.90 Å². The molecule has 0 unspecified atom stereocenters. The van der Waals surface area contributed by atoms with E-state index in [9.17, 15) is 9.90 Å². The van der Waals surface area contributed by atoms with Crippen LogP contribution in [0.1, 0.15) is 38.3 Å². The Morgan fingerprint density at radius 2 is 1.50 bits per heavy atom. The van der Waals surface area contributed by atoms with Crippen LogP contribution >= 0.6 is 0 Å². The van der Waals surface area contributed by atoms with Gasteiger partial charge in [0.25, 0.3) is 0 Å². The Morgan fingerprint density at radius 3 is 1.93 bits per heavy atom. The van der Waals surface area contributed by atoms with Gasteiger partial charge < -0.3 is 14.6 Å². The molecule has 0 aromatic heterocycles. The van der Waals surface area contributed by atoms with E-state index >= 15 is 0 Å². The smallest absolute Gasteiger partial charge is 0.410 e. The average molecular weight is 383 g/mol. The zero-order chi connectivity index (χ0) is 20.4. The third kappa shape index (κ3) is 3.91. The van der Waals surface area contributed by atoms with Gasteiger partial charge in [-0.25, -0.2) is 4.79 Å². The fourth-order valence-corrected chi connectivity index (χ4v) is 4.02. The van der Waals surface area contributed by atoms with Gasteiger partial charge in [0.2, 0.25) is 0 Å². The maximum Gasteiger partial charge on any atom is 0.410 e. The SMILES string of the molecule is COC(c1ccccc1)(c1ccccc1)[C@@H]1C[C@@H](O)CN1C(=O)OC(C)(C)C. The summed E-state index contributed by atoms with van der Waals surface area (Å²) in [5, 5.41) is 10.5. The lowest BCUT2D eigenvalue weighted by Crippen LogP contribution is -2.52. The fraction of sp³-hybridized carbons (Fsp3) is 0.435. The van der Waals surface area contributed by atoms with Gasteiger partial charge in [0.15, 0.2) is 0 Å². The van der Waals surface area contributed by atoms with Crippen molar-refractivity contribution in [2.24, 2.45) is 0 Å². The molecule has 1 fully saturated rings. The first kappa shape index (κ1) is 20.4. The number of benzene rings is 2. The summed E-state index contributed by atoms with van der Waals surface area (Å²) >= 11 is 0. The lowest BCUT2D eigenvalue weighted by molar-refractivity contribution is -0.0499. The molecule has 1 heterocycles. The minimum Gasteiger partial charge on any atom is -0.444 e. The number of carbonyl (C=O) groups is 1. The first-order chi connectivity index (χ1) is 13.3. The molecule has 5 heteroatoms. The molecule has 3 rings (SSSR count). The second-order valence-corrected chi connectivity index (χ2v) is 8.21. The number of β-amino-alcohol motifs (C(OH)–C–C–N with tert-alkyl or cyclic N) is 1. The molecule has 2 aromatic carbocycles. The fourth-order valence-electron chi connectivity index (χ4n) is 4.02. The molecule has 1 aliphatic rings. The Balaban J connectivity index is 2.12. The Bertz CT molecular complexity index is 746. The third-order valence-corrected chi connectivity index (χ3v) is 5.10. The zero-order valence-corrected chi connectivity index (χ0v) is 17.0. The van der Waals surface area contributed by atoms with Crippen molar-refractivity contribution in [2.45, 2.75) is 50.5 Å². The Hall–Kier alpha value is -2.37. The summed E-state index contributed by atoms with van der Waals surface area (Å²) in [5.74, 6) is 0. The normalized spacial score (nSPS) is 20.2. The summed E-state index contributed by atoms with van der Waals surface area (Å²) < 4.78 is 11.8. The highest BCUT2D eigenvalue weighted by Gasteiger charge is 2.52. The van der Waals surface area contributed by atoms with E-state index in [1.807, 2.05) is 81.4 Å². The number of ether oxygens (including phenoxy) is 2. The number of carbonyl (C=O) groups excluding carboxylic acids is 1. The molecule has 0 spiro atoms. The topological polar surface area (TPSA) is 59.0 Å². The van der Waals surface area contributed by atoms with E-state index in [1.165, 1.54) is 0 Å². The van der Waals surface area contributed by atoms with Crippen LogP contribution in [0.15, 0.2) is 60.7 Å². The maximum atomic E-state index is 13.0. The highest BCUT2D eigenvalue weighted by atomic mass is 16.6. The number of rotatable bonds is 4. The van der Waals surface area contributed by atoms with E-state index in [0.717, 1.165) is 11.1 Å². The van der Waals surface area contributed by atoms with Crippen LogP contribution in [0.25, 0.3) is 0 Å². The Morgan fingerprint density at radius 1 is 1.00 bits per heavy atom. The van der Waals surface area contributed by atoms with Crippen LogP contribution in [-0.4, -0.2) is 47.5 Å². The quantitative estimate of drug-likeness (QED) is 0.869. The summed E-state index contributed by atoms with van der Waals surface area (Å²) in [6.45, 7) is 5.73. The van der Waals surface area contributed by atoms with Crippen LogP contribution in [0.3, 0.4) is 0 Å². The molecule has 2 aromatic rings. The van der Waals surface area contributed by atoms with E-state index in [4.69, 9.17) is 9.47 Å². The first-order valence-electron chi connectivity index (χ1n) is 9.62. The number of amides is 1. The van der Waals surface area contributed by atoms with Gasteiger partial charge >= 0.3 is 6.09 Å². The van der Waals surface area contributed by atoms with Gasteiger partial charge in [-0.05, 0) is 38.3 Å². The number of aliphatic hydroxyl groups is 1. The van der Waals surface area contributed by atoms with Crippen molar-refractivity contribution in [1.82, 2.24) is 4.90 Å². The summed E-state index contributed by atoms with van der Waals surface area (Å²) in [6, 6.07) is 19.3. The van der Waals surface area contributed by atoms with Crippen molar-refractivity contribution in [3.63, 3.8) is 0 Å². The van der Waals surface area contributed by atoms with E-state index in [0.29, 0.717) is 6.42 Å². The van der Waals surface area contributed by atoms with Crippen molar-refractivity contribution in [3.05, 3.63) is 71.8 Å². The van der Waals surface area contributed by atoms with Gasteiger partial charge in [-0.2, -0.15) is 0 Å². The number of methoxy groups -OCH3 is 1. The summed E-state index contributed by atoms with van der Waals surface area (Å²) in [7, 11) is 1.65. The van der Waals surface area contributed by atoms with E-state index in [-0.39, 0.29) is 6.54 Å². The van der Waals surface area contributed by atoms with E-state index in [2.05, 4.69) is 0 Å². The van der Waals surface area contributed by atoms with Crippen molar-refractivity contribution in [1.29, 1.82) is 0 Å². The van der Waals surface area contributed by atoms with Crippen molar-refractivity contribution in [3.8, 4) is 0 Å². The van der Waals surface area contributed by atoms with E-state index < -0.39 is 29.4 Å². The van der Waals surface area contributed by atoms with Gasteiger partial charge in [0.05, 0.1) is 18.7 Å². The largest absolute Gasteiger partial charge is 0.444 e. The highest BCUT2D eigenvalue weighted by molar-refractivity contribution is 5.70. The standard InChI is InChI=1S/C23H29NO4/c1-22(2,3)28-21(26)24-16-19(25)15-20(24)23(27-4,17-11-7-5-8-12-17)18-13-9-6-10-14-18/h5-14,19-20,25H,15-16H2,1-4H3/t19-,20+/m1/s1. The average Bonchev–Trinajstić information content (AvgIpc) is 3.06. The van der Waals surface area contributed by atoms with Crippen LogP contribution in [0.2, 0.25) is 0 Å². The van der Waals surface area contributed by atoms with Gasteiger partial charge in [0, 0.05) is 7.11 Å². The molecule has 0 bridgehead atoms. The Kier molecular flexibility index (Phi) is 5.77.